The van der Waals surface area contributed by atoms with Crippen LogP contribution in [0.2, 0.25) is 0 Å². The number of carbonyl (C=O) groups is 2. The van der Waals surface area contributed by atoms with Crippen LogP contribution in [0.25, 0.3) is 0 Å². The molecular formula is C12H22N4O6. The van der Waals surface area contributed by atoms with E-state index in [9.17, 15) is 19.8 Å². The fourth-order valence-electron chi connectivity index (χ4n) is 1.87. The van der Waals surface area contributed by atoms with Gasteiger partial charge >= 0.3 is 5.97 Å². The molecule has 1 amide bonds. The molecule has 3 unspecified atom stereocenters. The van der Waals surface area contributed by atoms with Gasteiger partial charge in [-0.2, -0.15) is 0 Å². The number of carboxylic acids is 1. The van der Waals surface area contributed by atoms with Gasteiger partial charge in [0.2, 0.25) is 5.91 Å². The number of nitrogens with zero attached hydrogens (tertiary/aromatic N) is 1. The lowest BCUT2D eigenvalue weighted by atomic mass is 10.1. The van der Waals surface area contributed by atoms with Crippen LogP contribution in [0.4, 0.5) is 0 Å². The van der Waals surface area contributed by atoms with E-state index in [1.807, 2.05) is 0 Å². The van der Waals surface area contributed by atoms with E-state index in [1.54, 1.807) is 0 Å². The normalized spacial score (nSPS) is 23.7. The van der Waals surface area contributed by atoms with Crippen LogP contribution >= 0.6 is 0 Å². The molecule has 8 N–H and O–H groups in total. The largest absolute Gasteiger partial charge is 0.480 e. The van der Waals surface area contributed by atoms with E-state index in [2.05, 4.69) is 15.6 Å². The minimum atomic E-state index is -1.31. The lowest BCUT2D eigenvalue weighted by molar-refractivity contribution is -0.138. The molecule has 126 valence electrons. The van der Waals surface area contributed by atoms with Crippen LogP contribution in [-0.2, 0) is 9.59 Å². The van der Waals surface area contributed by atoms with Crippen LogP contribution in [0.15, 0.2) is 4.99 Å². The van der Waals surface area contributed by atoms with Gasteiger partial charge in [-0.3, -0.25) is 19.9 Å². The standard InChI is InChI=1S/C12H22N4O6/c13-6(11(21)22)2-1-3-14-12-15-7(10(20)16-12)4-8(18)9(19)5-17/h6-9,17-19H,1-5,13H2,(H,21,22)(H2,14,15,16,20)/t6-,7?,8?,9?/m1/s1. The fourth-order valence-corrected chi connectivity index (χ4v) is 1.87. The topological polar surface area (TPSA) is 177 Å². The van der Waals surface area contributed by atoms with Crippen molar-refractivity contribution in [1.29, 1.82) is 0 Å². The Labute approximate surface area is 127 Å². The lowest BCUT2D eigenvalue weighted by Crippen LogP contribution is -2.39. The van der Waals surface area contributed by atoms with Crippen molar-refractivity contribution in [3.8, 4) is 0 Å². The number of carboxylic acid groups (broad SMARTS) is 1. The SMILES string of the molecule is N[C@H](CCCN=C1NC(=O)C(CC(O)C(O)CO)N1)C(=O)O. The van der Waals surface area contributed by atoms with E-state index in [4.69, 9.17) is 15.9 Å². The van der Waals surface area contributed by atoms with Crippen LogP contribution in [0.1, 0.15) is 19.3 Å². The fraction of sp³-hybridized carbons (Fsp3) is 0.750. The summed E-state index contributed by atoms with van der Waals surface area (Å²) in [6, 6.07) is -1.69. The number of guanidine groups is 1. The second-order valence-corrected chi connectivity index (χ2v) is 5.06. The Morgan fingerprint density at radius 3 is 2.64 bits per heavy atom. The number of nitrogens with two attached hydrogens (primary N) is 1. The van der Waals surface area contributed by atoms with Gasteiger partial charge in [-0.1, -0.05) is 0 Å². The number of aliphatic imine (C=N–C) groups is 1. The summed E-state index contributed by atoms with van der Waals surface area (Å²) in [7, 11) is 0. The molecule has 10 nitrogen and oxygen atoms in total. The van der Waals surface area contributed by atoms with Crippen molar-refractivity contribution < 1.29 is 30.0 Å². The van der Waals surface area contributed by atoms with E-state index in [0.717, 1.165) is 0 Å². The summed E-state index contributed by atoms with van der Waals surface area (Å²) in [5, 5.41) is 41.4. The van der Waals surface area contributed by atoms with E-state index < -0.39 is 42.8 Å². The maximum absolute atomic E-state index is 11.7. The van der Waals surface area contributed by atoms with Gasteiger partial charge in [-0.05, 0) is 12.8 Å². The number of rotatable bonds is 9. The van der Waals surface area contributed by atoms with Crippen molar-refractivity contribution in [2.24, 2.45) is 10.7 Å². The Morgan fingerprint density at radius 2 is 2.05 bits per heavy atom. The summed E-state index contributed by atoms with van der Waals surface area (Å²) in [6.07, 6.45) is -1.90. The molecular weight excluding hydrogens is 296 g/mol. The molecule has 1 saturated heterocycles. The Morgan fingerprint density at radius 1 is 1.36 bits per heavy atom. The van der Waals surface area contributed by atoms with Crippen molar-refractivity contribution in [3.63, 3.8) is 0 Å². The van der Waals surface area contributed by atoms with Gasteiger partial charge in [-0.15, -0.1) is 0 Å². The van der Waals surface area contributed by atoms with Gasteiger partial charge < -0.3 is 31.5 Å². The van der Waals surface area contributed by atoms with Gasteiger partial charge in [0.15, 0.2) is 5.96 Å². The number of hydrogen-bond donors (Lipinski definition) is 7. The third-order valence-electron chi connectivity index (χ3n) is 3.24. The minimum absolute atomic E-state index is 0.0729. The third-order valence-corrected chi connectivity index (χ3v) is 3.24. The van der Waals surface area contributed by atoms with Crippen LogP contribution in [0, 0.1) is 0 Å². The average Bonchev–Trinajstić information content (AvgIpc) is 2.82. The number of amides is 1. The predicted octanol–water partition coefficient (Wildman–Crippen LogP) is -3.27. The van der Waals surface area contributed by atoms with Crippen molar-refractivity contribution >= 4 is 17.8 Å². The van der Waals surface area contributed by atoms with E-state index >= 15 is 0 Å². The lowest BCUT2D eigenvalue weighted by Gasteiger charge is -2.17. The van der Waals surface area contributed by atoms with Crippen LogP contribution in [0.3, 0.4) is 0 Å². The first-order chi connectivity index (χ1) is 10.3. The highest BCUT2D eigenvalue weighted by molar-refractivity contribution is 6.06. The minimum Gasteiger partial charge on any atom is -0.480 e. The predicted molar refractivity (Wildman–Crippen MR) is 75.9 cm³/mol. The molecule has 1 aliphatic heterocycles. The first-order valence-electron chi connectivity index (χ1n) is 6.92. The zero-order valence-electron chi connectivity index (χ0n) is 12.0. The number of aliphatic hydroxyl groups is 3. The number of nitrogens with one attached hydrogen (secondary N) is 2. The Bertz CT molecular complexity index is 430. The summed E-state index contributed by atoms with van der Waals surface area (Å²) in [6.45, 7) is -0.307. The highest BCUT2D eigenvalue weighted by atomic mass is 16.4. The van der Waals surface area contributed by atoms with Gasteiger partial charge in [0.25, 0.3) is 0 Å². The molecule has 1 heterocycles. The van der Waals surface area contributed by atoms with Crippen molar-refractivity contribution in [2.45, 2.75) is 43.6 Å². The molecule has 0 aromatic rings. The summed E-state index contributed by atoms with van der Waals surface area (Å²) >= 11 is 0. The Balaban J connectivity index is 2.38. The molecule has 10 heteroatoms. The summed E-state index contributed by atoms with van der Waals surface area (Å²) in [5.74, 6) is -1.24. The van der Waals surface area contributed by atoms with Gasteiger partial charge in [-0.25, -0.2) is 0 Å². The zero-order valence-corrected chi connectivity index (χ0v) is 12.0. The smallest absolute Gasteiger partial charge is 0.320 e. The second-order valence-electron chi connectivity index (χ2n) is 5.06. The molecule has 0 aliphatic carbocycles. The highest BCUT2D eigenvalue weighted by Crippen LogP contribution is 2.07. The molecule has 1 aliphatic rings. The monoisotopic (exact) mass is 318 g/mol. The first kappa shape index (κ1) is 18.3. The van der Waals surface area contributed by atoms with Gasteiger partial charge in [0, 0.05) is 13.0 Å². The van der Waals surface area contributed by atoms with Gasteiger partial charge in [0.05, 0.1) is 12.7 Å². The zero-order chi connectivity index (χ0) is 16.7. The third kappa shape index (κ3) is 5.56. The summed E-state index contributed by atoms with van der Waals surface area (Å²) in [5.41, 5.74) is 5.35. The van der Waals surface area contributed by atoms with Crippen molar-refractivity contribution in [1.82, 2.24) is 10.6 Å². The van der Waals surface area contributed by atoms with Crippen LogP contribution in [0.5, 0.6) is 0 Å². The Kier molecular flexibility index (Phi) is 7.18. The molecule has 0 spiro atoms. The van der Waals surface area contributed by atoms with Crippen LogP contribution in [-0.4, -0.2) is 75.7 Å². The maximum Gasteiger partial charge on any atom is 0.320 e. The molecule has 0 saturated carbocycles. The number of hydrogen-bond acceptors (Lipinski definition) is 7. The van der Waals surface area contributed by atoms with E-state index in [0.29, 0.717) is 6.42 Å². The van der Waals surface area contributed by atoms with E-state index in [-0.39, 0.29) is 25.3 Å². The number of carbonyl (C=O) groups excluding carboxylic acids is 1. The first-order valence-corrected chi connectivity index (χ1v) is 6.92. The average molecular weight is 318 g/mol. The molecule has 0 aromatic carbocycles. The second kappa shape index (κ2) is 8.63. The van der Waals surface area contributed by atoms with Crippen LogP contribution < -0.4 is 16.4 Å². The molecule has 0 bridgehead atoms. The van der Waals surface area contributed by atoms with Gasteiger partial charge in [0.1, 0.15) is 18.2 Å². The summed E-state index contributed by atoms with van der Waals surface area (Å²) in [4.78, 5) is 26.2. The molecule has 1 rings (SSSR count). The summed E-state index contributed by atoms with van der Waals surface area (Å²) < 4.78 is 0. The molecule has 0 radical (unpaired) electrons. The molecule has 4 atom stereocenters. The van der Waals surface area contributed by atoms with Crippen molar-refractivity contribution in [3.05, 3.63) is 0 Å². The van der Waals surface area contributed by atoms with E-state index in [1.165, 1.54) is 0 Å². The highest BCUT2D eigenvalue weighted by Gasteiger charge is 2.31. The molecule has 1 fully saturated rings. The number of aliphatic carboxylic acids is 1. The molecule has 0 aromatic heterocycles. The Hall–Kier alpha value is -1.75. The molecule has 22 heavy (non-hydrogen) atoms. The number of aliphatic hydroxyl groups excluding tert-OH is 3. The van der Waals surface area contributed by atoms with Crippen molar-refractivity contribution in [2.75, 3.05) is 13.2 Å². The quantitative estimate of drug-likeness (QED) is 0.216. The maximum atomic E-state index is 11.7.